The number of imide groups is 1. The molecule has 7 heteroatoms. The first-order valence-electron chi connectivity index (χ1n) is 4.79. The van der Waals surface area contributed by atoms with E-state index in [4.69, 9.17) is 11.5 Å². The molecule has 0 aliphatic carbocycles. The van der Waals surface area contributed by atoms with Crippen molar-refractivity contribution in [3.8, 4) is 0 Å². The van der Waals surface area contributed by atoms with Gasteiger partial charge in [0.05, 0.1) is 15.7 Å². The molecule has 0 spiro atoms. The lowest BCUT2D eigenvalue weighted by Gasteiger charge is -2.11. The second-order valence-electron chi connectivity index (χ2n) is 3.33. The Morgan fingerprint density at radius 2 is 1.94 bits per heavy atom. The van der Waals surface area contributed by atoms with E-state index < -0.39 is 28.0 Å². The van der Waals surface area contributed by atoms with Gasteiger partial charge in [0.15, 0.2) is 0 Å². The topological polar surface area (TPSA) is 115 Å². The fraction of sp³-hybridized carbons (Fsp3) is 0.200. The third-order valence-corrected chi connectivity index (χ3v) is 3.73. The Morgan fingerprint density at radius 1 is 1.35 bits per heavy atom. The number of primary amides is 1. The van der Waals surface area contributed by atoms with Crippen molar-refractivity contribution in [1.29, 1.82) is 0 Å². The highest BCUT2D eigenvalue weighted by Gasteiger charge is 2.23. The first-order chi connectivity index (χ1) is 7.93. The van der Waals surface area contributed by atoms with Crippen molar-refractivity contribution >= 4 is 28.4 Å². The minimum atomic E-state index is -1.63. The average molecular weight is 255 g/mol. The van der Waals surface area contributed by atoms with Crippen molar-refractivity contribution in [1.82, 2.24) is 5.32 Å². The van der Waals surface area contributed by atoms with Crippen LogP contribution in [0, 0.1) is 0 Å². The first-order valence-corrected chi connectivity index (χ1v) is 6.00. The number of anilines is 1. The van der Waals surface area contributed by atoms with E-state index in [0.717, 1.165) is 0 Å². The molecule has 17 heavy (non-hydrogen) atoms. The summed E-state index contributed by atoms with van der Waals surface area (Å²) in [6, 6.07) is 5.55. The summed E-state index contributed by atoms with van der Waals surface area (Å²) in [7, 11) is -1.63. The van der Waals surface area contributed by atoms with Gasteiger partial charge < -0.3 is 11.5 Å². The van der Waals surface area contributed by atoms with Gasteiger partial charge in [-0.3, -0.25) is 14.3 Å². The number of para-hydroxylation sites is 1. The van der Waals surface area contributed by atoms with Gasteiger partial charge in [0.1, 0.15) is 5.25 Å². The van der Waals surface area contributed by atoms with Crippen molar-refractivity contribution in [2.24, 2.45) is 5.73 Å². The Hall–Kier alpha value is -1.89. The van der Waals surface area contributed by atoms with E-state index in [2.05, 4.69) is 0 Å². The predicted molar refractivity (Wildman–Crippen MR) is 64.5 cm³/mol. The second kappa shape index (κ2) is 5.44. The monoisotopic (exact) mass is 255 g/mol. The minimum Gasteiger partial charge on any atom is -0.398 e. The molecule has 2 unspecified atom stereocenters. The van der Waals surface area contributed by atoms with Crippen LogP contribution in [0.5, 0.6) is 0 Å². The van der Waals surface area contributed by atoms with Crippen LogP contribution in [-0.4, -0.2) is 21.4 Å². The Bertz CT molecular complexity index is 476. The van der Waals surface area contributed by atoms with Crippen molar-refractivity contribution in [2.75, 3.05) is 5.73 Å². The van der Waals surface area contributed by atoms with Gasteiger partial charge in [0.25, 0.3) is 0 Å². The molecule has 3 amide bonds. The van der Waals surface area contributed by atoms with Crippen LogP contribution in [0.3, 0.4) is 0 Å². The third kappa shape index (κ3) is 3.28. The van der Waals surface area contributed by atoms with E-state index in [9.17, 15) is 13.8 Å². The Morgan fingerprint density at radius 3 is 2.47 bits per heavy atom. The van der Waals surface area contributed by atoms with Gasteiger partial charge in [0.2, 0.25) is 5.91 Å². The number of amides is 3. The van der Waals surface area contributed by atoms with Crippen molar-refractivity contribution in [2.45, 2.75) is 17.1 Å². The number of urea groups is 1. The summed E-state index contributed by atoms with van der Waals surface area (Å²) in [4.78, 5) is 22.3. The molecule has 1 aromatic rings. The molecule has 92 valence electrons. The summed E-state index contributed by atoms with van der Waals surface area (Å²) in [6.07, 6.45) is 0. The van der Waals surface area contributed by atoms with E-state index in [1.807, 2.05) is 5.32 Å². The van der Waals surface area contributed by atoms with Gasteiger partial charge in [-0.05, 0) is 19.1 Å². The number of hydrogen-bond acceptors (Lipinski definition) is 4. The van der Waals surface area contributed by atoms with Crippen molar-refractivity contribution in [3.63, 3.8) is 0 Å². The summed E-state index contributed by atoms with van der Waals surface area (Å²) in [5.41, 5.74) is 10.8. The Kier molecular flexibility index (Phi) is 4.22. The van der Waals surface area contributed by atoms with E-state index >= 15 is 0 Å². The van der Waals surface area contributed by atoms with Gasteiger partial charge in [0, 0.05) is 5.69 Å². The standard InChI is InChI=1S/C10H13N3O3S/c1-6(9(14)13-10(12)15)17(16)8-5-3-2-4-7(8)11/h2-6H,11H2,1H3,(H3,12,13,14,15). The average Bonchev–Trinajstić information content (AvgIpc) is 2.27. The van der Waals surface area contributed by atoms with Crippen LogP contribution in [-0.2, 0) is 15.6 Å². The maximum Gasteiger partial charge on any atom is 0.318 e. The smallest absolute Gasteiger partial charge is 0.318 e. The van der Waals surface area contributed by atoms with Crippen LogP contribution in [0.4, 0.5) is 10.5 Å². The number of carbonyl (C=O) groups excluding carboxylic acids is 2. The molecule has 0 aromatic heterocycles. The maximum atomic E-state index is 12.0. The lowest BCUT2D eigenvalue weighted by Crippen LogP contribution is -2.42. The third-order valence-electron chi connectivity index (χ3n) is 2.07. The van der Waals surface area contributed by atoms with Crippen LogP contribution in [0.25, 0.3) is 0 Å². The summed E-state index contributed by atoms with van der Waals surface area (Å²) in [5.74, 6) is -0.695. The summed E-state index contributed by atoms with van der Waals surface area (Å²) in [6.45, 7) is 1.43. The number of rotatable bonds is 3. The predicted octanol–water partition coefficient (Wildman–Crippen LogP) is -0.0402. The van der Waals surface area contributed by atoms with Gasteiger partial charge >= 0.3 is 6.03 Å². The van der Waals surface area contributed by atoms with Gasteiger partial charge in [-0.1, -0.05) is 12.1 Å². The largest absolute Gasteiger partial charge is 0.398 e. The number of nitrogens with one attached hydrogen (secondary N) is 1. The number of nitrogen functional groups attached to an aromatic ring is 1. The molecule has 0 aliphatic rings. The molecule has 6 nitrogen and oxygen atoms in total. The van der Waals surface area contributed by atoms with Crippen molar-refractivity contribution < 1.29 is 13.8 Å². The molecule has 0 radical (unpaired) electrons. The van der Waals surface area contributed by atoms with Crippen LogP contribution in [0.2, 0.25) is 0 Å². The van der Waals surface area contributed by atoms with Gasteiger partial charge in [-0.2, -0.15) is 0 Å². The lowest BCUT2D eigenvalue weighted by molar-refractivity contribution is -0.119. The fourth-order valence-electron chi connectivity index (χ4n) is 1.17. The summed E-state index contributed by atoms with van der Waals surface area (Å²) >= 11 is 0. The molecule has 5 N–H and O–H groups in total. The highest BCUT2D eigenvalue weighted by Crippen LogP contribution is 2.18. The SMILES string of the molecule is CC(C(=O)NC(N)=O)S(=O)c1ccccc1N. The molecule has 1 aromatic carbocycles. The lowest BCUT2D eigenvalue weighted by atomic mass is 10.3. The number of hydrogen-bond donors (Lipinski definition) is 3. The van der Waals surface area contributed by atoms with Crippen LogP contribution in [0.1, 0.15) is 6.92 Å². The molecule has 0 saturated carbocycles. The zero-order valence-electron chi connectivity index (χ0n) is 9.17. The van der Waals surface area contributed by atoms with E-state index in [0.29, 0.717) is 10.6 Å². The molecule has 0 fully saturated rings. The minimum absolute atomic E-state index is 0.338. The number of benzene rings is 1. The molecular weight excluding hydrogens is 242 g/mol. The normalized spacial score (nSPS) is 13.7. The Balaban J connectivity index is 2.87. The summed E-state index contributed by atoms with van der Waals surface area (Å²) in [5, 5.41) is 0.969. The molecule has 0 heterocycles. The van der Waals surface area contributed by atoms with Crippen molar-refractivity contribution in [3.05, 3.63) is 24.3 Å². The Labute approximate surface area is 101 Å². The van der Waals surface area contributed by atoms with Gasteiger partial charge in [-0.25, -0.2) is 4.79 Å². The highest BCUT2D eigenvalue weighted by atomic mass is 32.2. The zero-order valence-corrected chi connectivity index (χ0v) is 9.99. The first kappa shape index (κ1) is 13.2. The molecule has 2 atom stereocenters. The second-order valence-corrected chi connectivity index (χ2v) is 5.07. The molecular formula is C10H13N3O3S. The van der Waals surface area contributed by atoms with Gasteiger partial charge in [-0.15, -0.1) is 0 Å². The van der Waals surface area contributed by atoms with Crippen LogP contribution in [0.15, 0.2) is 29.2 Å². The molecule has 0 aliphatic heterocycles. The summed E-state index contributed by atoms with van der Waals surface area (Å²) < 4.78 is 12.0. The van der Waals surface area contributed by atoms with E-state index in [1.165, 1.54) is 6.92 Å². The van der Waals surface area contributed by atoms with Crippen LogP contribution < -0.4 is 16.8 Å². The zero-order chi connectivity index (χ0) is 13.0. The fourth-order valence-corrected chi connectivity index (χ4v) is 2.32. The van der Waals surface area contributed by atoms with E-state index in [1.54, 1.807) is 24.3 Å². The quantitative estimate of drug-likeness (QED) is 0.657. The molecule has 1 rings (SSSR count). The highest BCUT2D eigenvalue weighted by molar-refractivity contribution is 7.86. The van der Waals surface area contributed by atoms with E-state index in [-0.39, 0.29) is 0 Å². The van der Waals surface area contributed by atoms with Crippen LogP contribution >= 0.6 is 0 Å². The number of nitrogens with two attached hydrogens (primary N) is 2. The molecule has 0 bridgehead atoms. The maximum absolute atomic E-state index is 12.0. The number of carbonyl (C=O) groups is 2. The molecule has 0 saturated heterocycles.